The minimum atomic E-state index is 0.813. The number of hydrogen-bond acceptors (Lipinski definition) is 6. The third kappa shape index (κ3) is 7.64. The summed E-state index contributed by atoms with van der Waals surface area (Å²) in [6, 6.07) is 32.2. The van der Waals surface area contributed by atoms with Crippen molar-refractivity contribution in [2.24, 2.45) is 20.0 Å². The SMILES string of the molecule is CC(=Nc1ccc(N=C(C)c2cccc(C(C)=Nc3cccc(C)c3C)n2)cc1)c1cccc(C(C)=Nc2cccc(C)c2C)n1. The molecule has 0 aliphatic heterocycles. The summed E-state index contributed by atoms with van der Waals surface area (Å²) in [7, 11) is 0. The lowest BCUT2D eigenvalue weighted by atomic mass is 10.1. The van der Waals surface area contributed by atoms with E-state index in [1.54, 1.807) is 0 Å². The normalized spacial score (nSPS) is 12.9. The maximum absolute atomic E-state index is 4.86. The van der Waals surface area contributed by atoms with Gasteiger partial charge in [0.2, 0.25) is 0 Å². The summed E-state index contributed by atoms with van der Waals surface area (Å²) >= 11 is 0. The number of hydrogen-bond donors (Lipinski definition) is 0. The van der Waals surface area contributed by atoms with Crippen LogP contribution in [-0.4, -0.2) is 32.8 Å². The molecule has 0 spiro atoms. The first-order valence-corrected chi connectivity index (χ1v) is 15.5. The molecule has 2 heterocycles. The third-order valence-corrected chi connectivity index (χ3v) is 8.15. The molecule has 6 nitrogen and oxygen atoms in total. The van der Waals surface area contributed by atoms with Gasteiger partial charge in [-0.1, -0.05) is 36.4 Å². The molecule has 0 bridgehead atoms. The largest absolute Gasteiger partial charge is 0.252 e. The van der Waals surface area contributed by atoms with E-state index in [4.69, 9.17) is 29.9 Å². The summed E-state index contributed by atoms with van der Waals surface area (Å²) in [5.41, 5.74) is 15.1. The van der Waals surface area contributed by atoms with E-state index in [0.29, 0.717) is 0 Å². The summed E-state index contributed by atoms with van der Waals surface area (Å²) < 4.78 is 0. The highest BCUT2D eigenvalue weighted by Gasteiger charge is 2.08. The molecule has 0 aliphatic carbocycles. The first-order chi connectivity index (χ1) is 22.1. The Hall–Kier alpha value is -5.36. The van der Waals surface area contributed by atoms with Crippen LogP contribution in [0.4, 0.5) is 22.7 Å². The van der Waals surface area contributed by atoms with Crippen LogP contribution in [-0.2, 0) is 0 Å². The second-order valence-corrected chi connectivity index (χ2v) is 11.6. The molecule has 0 radical (unpaired) electrons. The van der Waals surface area contributed by atoms with Crippen LogP contribution in [0.5, 0.6) is 0 Å². The highest BCUT2D eigenvalue weighted by atomic mass is 14.9. The Labute approximate surface area is 272 Å². The Bertz CT molecular complexity index is 1870. The lowest BCUT2D eigenvalue weighted by Crippen LogP contribution is -2.05. The molecule has 0 fully saturated rings. The molecule has 5 aromatic rings. The van der Waals surface area contributed by atoms with Gasteiger partial charge in [-0.3, -0.25) is 20.0 Å². The second kappa shape index (κ2) is 14.2. The van der Waals surface area contributed by atoms with Crippen molar-refractivity contribution in [1.82, 2.24) is 9.97 Å². The molecule has 0 unspecified atom stereocenters. The van der Waals surface area contributed by atoms with Crippen LogP contribution >= 0.6 is 0 Å². The maximum atomic E-state index is 4.86. The van der Waals surface area contributed by atoms with Crippen molar-refractivity contribution < 1.29 is 0 Å². The maximum Gasteiger partial charge on any atom is 0.0849 e. The molecule has 0 atom stereocenters. The van der Waals surface area contributed by atoms with E-state index in [1.807, 2.05) is 113 Å². The van der Waals surface area contributed by atoms with Crippen molar-refractivity contribution in [3.63, 3.8) is 0 Å². The summed E-state index contributed by atoms with van der Waals surface area (Å²) in [4.78, 5) is 29.1. The quantitative estimate of drug-likeness (QED) is 0.165. The summed E-state index contributed by atoms with van der Waals surface area (Å²) in [5.74, 6) is 0. The average molecular weight is 605 g/mol. The van der Waals surface area contributed by atoms with E-state index in [1.165, 1.54) is 22.3 Å². The van der Waals surface area contributed by atoms with Crippen molar-refractivity contribution in [3.05, 3.63) is 142 Å². The van der Waals surface area contributed by atoms with Crippen molar-refractivity contribution in [2.45, 2.75) is 55.4 Å². The number of rotatable bonds is 8. The van der Waals surface area contributed by atoms with Crippen molar-refractivity contribution in [2.75, 3.05) is 0 Å². The van der Waals surface area contributed by atoms with Crippen molar-refractivity contribution in [3.8, 4) is 0 Å². The van der Waals surface area contributed by atoms with Gasteiger partial charge < -0.3 is 0 Å². The standard InChI is InChI=1S/C40H40N6/c1-25-13-9-15-35(27(25)3)43-31(7)39-19-11-17-37(45-39)29(5)41-33-21-23-34(24-22-33)42-30(6)38-18-12-20-40(46-38)32(8)44-36-16-10-14-26(2)28(36)4/h9-24H,1-8H3. The van der Waals surface area contributed by atoms with Crippen LogP contribution in [0.1, 0.15) is 72.7 Å². The molecule has 0 N–H and O–H groups in total. The van der Waals surface area contributed by atoms with E-state index in [0.717, 1.165) is 68.4 Å². The molecule has 46 heavy (non-hydrogen) atoms. The molecule has 3 aromatic carbocycles. The van der Waals surface area contributed by atoms with E-state index >= 15 is 0 Å². The first kappa shape index (κ1) is 32.0. The van der Waals surface area contributed by atoms with Gasteiger partial charge in [0.05, 0.1) is 68.4 Å². The fourth-order valence-corrected chi connectivity index (χ4v) is 4.97. The fraction of sp³-hybridized carbons (Fsp3) is 0.200. The van der Waals surface area contributed by atoms with Crippen LogP contribution in [0.25, 0.3) is 0 Å². The minimum absolute atomic E-state index is 0.813. The molecule has 0 saturated heterocycles. The molecule has 230 valence electrons. The van der Waals surface area contributed by atoms with Gasteiger partial charge in [0.1, 0.15) is 0 Å². The van der Waals surface area contributed by atoms with Gasteiger partial charge in [0, 0.05) is 0 Å². The van der Waals surface area contributed by atoms with E-state index in [9.17, 15) is 0 Å². The lowest BCUT2D eigenvalue weighted by Gasteiger charge is -2.08. The second-order valence-electron chi connectivity index (χ2n) is 11.6. The first-order valence-electron chi connectivity index (χ1n) is 15.5. The highest BCUT2D eigenvalue weighted by molar-refractivity contribution is 6.03. The van der Waals surface area contributed by atoms with Crippen LogP contribution in [0, 0.1) is 27.7 Å². The topological polar surface area (TPSA) is 75.2 Å². The Kier molecular flexibility index (Phi) is 9.87. The summed E-state index contributed by atoms with van der Waals surface area (Å²) in [6.45, 7) is 16.3. The van der Waals surface area contributed by atoms with Crippen LogP contribution in [0.3, 0.4) is 0 Å². The van der Waals surface area contributed by atoms with Gasteiger partial charge in [-0.25, -0.2) is 9.97 Å². The number of aryl methyl sites for hydroxylation is 2. The summed E-state index contributed by atoms with van der Waals surface area (Å²) in [6.07, 6.45) is 0. The third-order valence-electron chi connectivity index (χ3n) is 8.15. The Morgan fingerprint density at radius 3 is 1.04 bits per heavy atom. The van der Waals surface area contributed by atoms with E-state index in [2.05, 4.69) is 39.8 Å². The van der Waals surface area contributed by atoms with Crippen molar-refractivity contribution >= 4 is 45.6 Å². The number of pyridine rings is 2. The molecule has 0 amide bonds. The van der Waals surface area contributed by atoms with Crippen LogP contribution < -0.4 is 0 Å². The Balaban J connectivity index is 1.31. The predicted molar refractivity (Wildman–Crippen MR) is 194 cm³/mol. The number of aromatic nitrogens is 2. The number of nitrogens with zero attached hydrogens (tertiary/aromatic N) is 6. The zero-order valence-electron chi connectivity index (χ0n) is 27.9. The van der Waals surface area contributed by atoms with E-state index in [-0.39, 0.29) is 0 Å². The molecule has 6 heteroatoms. The molecule has 0 aliphatic rings. The van der Waals surface area contributed by atoms with E-state index < -0.39 is 0 Å². The van der Waals surface area contributed by atoms with Gasteiger partial charge in [-0.15, -0.1) is 0 Å². The smallest absolute Gasteiger partial charge is 0.0849 e. The van der Waals surface area contributed by atoms with Gasteiger partial charge >= 0.3 is 0 Å². The van der Waals surface area contributed by atoms with Gasteiger partial charge in [-0.05, 0) is 138 Å². The van der Waals surface area contributed by atoms with Crippen molar-refractivity contribution in [1.29, 1.82) is 0 Å². The molecular weight excluding hydrogens is 564 g/mol. The van der Waals surface area contributed by atoms with Gasteiger partial charge in [0.15, 0.2) is 0 Å². The predicted octanol–water partition coefficient (Wildman–Crippen LogP) is 10.3. The van der Waals surface area contributed by atoms with Gasteiger partial charge in [-0.2, -0.15) is 0 Å². The number of benzene rings is 3. The molecule has 0 saturated carbocycles. The zero-order valence-corrected chi connectivity index (χ0v) is 27.9. The van der Waals surface area contributed by atoms with Crippen LogP contribution in [0.2, 0.25) is 0 Å². The fourth-order valence-electron chi connectivity index (χ4n) is 4.97. The Morgan fingerprint density at radius 2 is 0.696 bits per heavy atom. The lowest BCUT2D eigenvalue weighted by molar-refractivity contribution is 1.23. The Morgan fingerprint density at radius 1 is 0.391 bits per heavy atom. The van der Waals surface area contributed by atoms with Gasteiger partial charge in [0.25, 0.3) is 0 Å². The zero-order chi connectivity index (χ0) is 32.8. The average Bonchev–Trinajstić information content (AvgIpc) is 3.06. The minimum Gasteiger partial charge on any atom is -0.252 e. The monoisotopic (exact) mass is 604 g/mol. The molecular formula is C40H40N6. The number of aliphatic imine (C=N–C) groups is 4. The summed E-state index contributed by atoms with van der Waals surface area (Å²) in [5, 5.41) is 0. The molecule has 2 aromatic heterocycles. The highest BCUT2D eigenvalue weighted by Crippen LogP contribution is 2.24. The molecule has 5 rings (SSSR count). The van der Waals surface area contributed by atoms with Crippen LogP contribution in [0.15, 0.2) is 117 Å².